The van der Waals surface area contributed by atoms with Crippen LogP contribution >= 0.6 is 0 Å². The lowest BCUT2D eigenvalue weighted by Gasteiger charge is -2.21. The Morgan fingerprint density at radius 2 is 1.85 bits per heavy atom. The molecule has 2 aliphatic heterocycles. The van der Waals surface area contributed by atoms with Crippen LogP contribution in [0.1, 0.15) is 31.6 Å². The maximum absolute atomic E-state index is 5.62. The van der Waals surface area contributed by atoms with Gasteiger partial charge >= 0.3 is 0 Å². The fourth-order valence-corrected chi connectivity index (χ4v) is 3.07. The molecule has 3 heterocycles. The minimum Gasteiger partial charge on any atom is -0.486 e. The number of rotatable bonds is 2. The highest BCUT2D eigenvalue weighted by Crippen LogP contribution is 2.34. The molecule has 1 aromatic carbocycles. The van der Waals surface area contributed by atoms with Crippen LogP contribution < -0.4 is 9.47 Å². The van der Waals surface area contributed by atoms with Crippen LogP contribution in [0.3, 0.4) is 0 Å². The lowest BCUT2D eigenvalue weighted by molar-refractivity contribution is 0.172. The van der Waals surface area contributed by atoms with E-state index in [-0.39, 0.29) is 0 Å². The molecule has 0 amide bonds. The maximum Gasteiger partial charge on any atom is 0.163 e. The molecule has 5 nitrogen and oxygen atoms in total. The van der Waals surface area contributed by atoms with E-state index in [0.29, 0.717) is 19.3 Å². The normalized spacial score (nSPS) is 20.4. The van der Waals surface area contributed by atoms with E-state index >= 15 is 0 Å². The van der Waals surface area contributed by atoms with Gasteiger partial charge in [0.25, 0.3) is 0 Å². The average molecular weight is 273 g/mol. The summed E-state index contributed by atoms with van der Waals surface area (Å²) in [5.41, 5.74) is 1.98. The first kappa shape index (κ1) is 12.0. The van der Waals surface area contributed by atoms with Gasteiger partial charge in [-0.25, -0.2) is 4.98 Å². The second-order valence-electron chi connectivity index (χ2n) is 5.55. The first-order valence-corrected chi connectivity index (χ1v) is 7.34. The van der Waals surface area contributed by atoms with Crippen molar-refractivity contribution in [1.29, 1.82) is 0 Å². The van der Waals surface area contributed by atoms with Gasteiger partial charge in [-0.05, 0) is 32.9 Å². The van der Waals surface area contributed by atoms with Crippen molar-refractivity contribution >= 4 is 11.0 Å². The molecule has 5 heteroatoms. The highest BCUT2D eigenvalue weighted by Gasteiger charge is 2.23. The van der Waals surface area contributed by atoms with Gasteiger partial charge in [0.15, 0.2) is 11.5 Å². The number of aromatic nitrogens is 2. The van der Waals surface area contributed by atoms with Crippen LogP contribution in [-0.2, 0) is 0 Å². The molecule has 1 fully saturated rings. The smallest absolute Gasteiger partial charge is 0.163 e. The van der Waals surface area contributed by atoms with Crippen LogP contribution in [0.4, 0.5) is 0 Å². The summed E-state index contributed by atoms with van der Waals surface area (Å²) in [6.07, 6.45) is 2.58. The Morgan fingerprint density at radius 1 is 1.15 bits per heavy atom. The van der Waals surface area contributed by atoms with Crippen molar-refractivity contribution in [3.8, 4) is 11.5 Å². The lowest BCUT2D eigenvalue weighted by atomic mass is 10.2. The number of aromatic amines is 1. The Kier molecular flexibility index (Phi) is 2.80. The first-order chi connectivity index (χ1) is 9.81. The summed E-state index contributed by atoms with van der Waals surface area (Å²) in [5.74, 6) is 2.65. The van der Waals surface area contributed by atoms with Gasteiger partial charge in [-0.15, -0.1) is 0 Å². The van der Waals surface area contributed by atoms with Gasteiger partial charge in [0.1, 0.15) is 19.0 Å². The predicted molar refractivity (Wildman–Crippen MR) is 76.3 cm³/mol. The first-order valence-electron chi connectivity index (χ1n) is 7.34. The van der Waals surface area contributed by atoms with E-state index in [2.05, 4.69) is 16.8 Å². The number of ether oxygens (including phenoxy) is 2. The molecule has 1 unspecified atom stereocenters. The molecule has 0 saturated carbocycles. The largest absolute Gasteiger partial charge is 0.486 e. The summed E-state index contributed by atoms with van der Waals surface area (Å²) < 4.78 is 11.2. The zero-order valence-corrected chi connectivity index (χ0v) is 11.7. The van der Waals surface area contributed by atoms with Gasteiger partial charge in [-0.2, -0.15) is 0 Å². The van der Waals surface area contributed by atoms with Gasteiger partial charge < -0.3 is 14.5 Å². The molecule has 0 aliphatic carbocycles. The van der Waals surface area contributed by atoms with Crippen molar-refractivity contribution in [2.75, 3.05) is 26.3 Å². The summed E-state index contributed by atoms with van der Waals surface area (Å²) in [5, 5.41) is 0. The fraction of sp³-hybridized carbons (Fsp3) is 0.533. The summed E-state index contributed by atoms with van der Waals surface area (Å²) in [4.78, 5) is 10.6. The Labute approximate surface area is 117 Å². The molecule has 2 aliphatic rings. The third-order valence-electron chi connectivity index (χ3n) is 4.25. The number of fused-ring (bicyclic) bond motifs is 2. The molecule has 2 aromatic rings. The molecule has 106 valence electrons. The van der Waals surface area contributed by atoms with E-state index in [9.17, 15) is 0 Å². The van der Waals surface area contributed by atoms with E-state index in [1.54, 1.807) is 0 Å². The number of imidazole rings is 1. The van der Waals surface area contributed by atoms with Crippen molar-refractivity contribution in [2.45, 2.75) is 25.8 Å². The summed E-state index contributed by atoms with van der Waals surface area (Å²) in [6.45, 7) is 5.78. The maximum atomic E-state index is 5.62. The third-order valence-corrected chi connectivity index (χ3v) is 4.25. The summed E-state index contributed by atoms with van der Waals surface area (Å²) in [7, 11) is 0. The van der Waals surface area contributed by atoms with Gasteiger partial charge in [0.05, 0.1) is 17.1 Å². The number of hydrogen-bond acceptors (Lipinski definition) is 4. The highest BCUT2D eigenvalue weighted by atomic mass is 16.6. The number of hydrogen-bond donors (Lipinski definition) is 1. The number of nitrogens with one attached hydrogen (secondary N) is 1. The fourth-order valence-electron chi connectivity index (χ4n) is 3.07. The zero-order chi connectivity index (χ0) is 13.5. The zero-order valence-electron chi connectivity index (χ0n) is 11.7. The van der Waals surface area contributed by atoms with Gasteiger partial charge in [-0.3, -0.25) is 4.90 Å². The lowest BCUT2D eigenvalue weighted by Crippen LogP contribution is -2.24. The monoisotopic (exact) mass is 273 g/mol. The highest BCUT2D eigenvalue weighted by molar-refractivity contribution is 5.80. The molecule has 0 spiro atoms. The molecule has 1 aromatic heterocycles. The number of nitrogens with zero attached hydrogens (tertiary/aromatic N) is 2. The van der Waals surface area contributed by atoms with Crippen LogP contribution in [0.2, 0.25) is 0 Å². The molecular weight excluding hydrogens is 254 g/mol. The Balaban J connectivity index is 1.70. The van der Waals surface area contributed by atoms with Gasteiger partial charge in [-0.1, -0.05) is 0 Å². The van der Waals surface area contributed by atoms with Crippen molar-refractivity contribution in [3.63, 3.8) is 0 Å². The van der Waals surface area contributed by atoms with E-state index in [4.69, 9.17) is 14.5 Å². The Bertz CT molecular complexity index is 588. The number of likely N-dealkylation sites (tertiary alicyclic amines) is 1. The number of H-pyrrole nitrogens is 1. The molecule has 1 atom stereocenters. The van der Waals surface area contributed by atoms with Crippen LogP contribution in [0, 0.1) is 0 Å². The quantitative estimate of drug-likeness (QED) is 0.913. The second-order valence-corrected chi connectivity index (χ2v) is 5.55. The van der Waals surface area contributed by atoms with Crippen LogP contribution in [-0.4, -0.2) is 41.2 Å². The summed E-state index contributed by atoms with van der Waals surface area (Å²) in [6, 6.07) is 4.31. The average Bonchev–Trinajstić information content (AvgIpc) is 3.13. The van der Waals surface area contributed by atoms with Crippen molar-refractivity contribution in [2.24, 2.45) is 0 Å². The van der Waals surface area contributed by atoms with E-state index < -0.39 is 0 Å². The Morgan fingerprint density at radius 3 is 2.60 bits per heavy atom. The van der Waals surface area contributed by atoms with Crippen LogP contribution in [0.25, 0.3) is 11.0 Å². The van der Waals surface area contributed by atoms with E-state index in [0.717, 1.165) is 28.4 Å². The summed E-state index contributed by atoms with van der Waals surface area (Å²) >= 11 is 0. The molecule has 20 heavy (non-hydrogen) atoms. The molecule has 0 bridgehead atoms. The third kappa shape index (κ3) is 1.93. The van der Waals surface area contributed by atoms with Crippen LogP contribution in [0.15, 0.2) is 12.1 Å². The predicted octanol–water partition coefficient (Wildman–Crippen LogP) is 2.49. The molecule has 4 rings (SSSR count). The van der Waals surface area contributed by atoms with E-state index in [1.807, 2.05) is 12.1 Å². The van der Waals surface area contributed by atoms with E-state index in [1.165, 1.54) is 25.9 Å². The molecule has 0 radical (unpaired) electrons. The molecule has 1 N–H and O–H groups in total. The van der Waals surface area contributed by atoms with Crippen molar-refractivity contribution < 1.29 is 9.47 Å². The minimum absolute atomic E-state index is 0.337. The number of benzene rings is 1. The van der Waals surface area contributed by atoms with Crippen LogP contribution in [0.5, 0.6) is 11.5 Å². The van der Waals surface area contributed by atoms with Crippen molar-refractivity contribution in [1.82, 2.24) is 14.9 Å². The van der Waals surface area contributed by atoms with Crippen molar-refractivity contribution in [3.05, 3.63) is 18.0 Å². The second kappa shape index (κ2) is 4.66. The van der Waals surface area contributed by atoms with Gasteiger partial charge in [0.2, 0.25) is 0 Å². The topological polar surface area (TPSA) is 50.4 Å². The molecule has 1 saturated heterocycles. The minimum atomic E-state index is 0.337. The Hall–Kier alpha value is -1.75. The molecular formula is C15H19N3O2. The standard InChI is InChI=1S/C15H19N3O2/c1-10(18-4-2-3-5-18)15-16-11-8-13-14(9-12(11)17-15)20-7-6-19-13/h8-10H,2-7H2,1H3,(H,16,17). The SMILES string of the molecule is CC(c1nc2cc3c(cc2[nH]1)OCCO3)N1CCCC1. The van der Waals surface area contributed by atoms with Gasteiger partial charge in [0, 0.05) is 12.1 Å².